The van der Waals surface area contributed by atoms with Gasteiger partial charge in [-0.3, -0.25) is 0 Å². The Morgan fingerprint density at radius 1 is 1.28 bits per heavy atom. The minimum Gasteiger partial charge on any atom is -0.303 e. The van der Waals surface area contributed by atoms with E-state index in [1.165, 1.54) is 38.0 Å². The van der Waals surface area contributed by atoms with Crippen molar-refractivity contribution < 1.29 is 0 Å². The van der Waals surface area contributed by atoms with Gasteiger partial charge in [0, 0.05) is 12.4 Å². The summed E-state index contributed by atoms with van der Waals surface area (Å²) in [5, 5.41) is 0. The summed E-state index contributed by atoms with van der Waals surface area (Å²) in [6.45, 7) is 6.04. The van der Waals surface area contributed by atoms with Crippen LogP contribution in [0.5, 0.6) is 0 Å². The summed E-state index contributed by atoms with van der Waals surface area (Å²) in [5.41, 5.74) is 1.51. The van der Waals surface area contributed by atoms with Gasteiger partial charge >= 0.3 is 0 Å². The van der Waals surface area contributed by atoms with E-state index in [1.807, 2.05) is 0 Å². The smallest absolute Gasteiger partial charge is 0.0225 e. The van der Waals surface area contributed by atoms with Gasteiger partial charge in [-0.2, -0.15) is 0 Å². The van der Waals surface area contributed by atoms with Crippen LogP contribution < -0.4 is 0 Å². The first-order chi connectivity index (χ1) is 8.79. The summed E-state index contributed by atoms with van der Waals surface area (Å²) < 4.78 is 0. The number of likely N-dealkylation sites (tertiary alicyclic amines) is 1. The highest BCUT2D eigenvalue weighted by molar-refractivity contribution is 6.17. The Balaban J connectivity index is 1.75. The molecule has 0 aliphatic carbocycles. The van der Waals surface area contributed by atoms with Crippen molar-refractivity contribution in [2.45, 2.75) is 32.1 Å². The number of rotatable bonds is 6. The average molecular weight is 266 g/mol. The Labute approximate surface area is 116 Å². The summed E-state index contributed by atoms with van der Waals surface area (Å²) in [7, 11) is 0. The van der Waals surface area contributed by atoms with E-state index in [-0.39, 0.29) is 0 Å². The van der Waals surface area contributed by atoms with E-state index in [9.17, 15) is 0 Å². The van der Waals surface area contributed by atoms with Gasteiger partial charge in [-0.25, -0.2) is 0 Å². The zero-order valence-electron chi connectivity index (χ0n) is 11.3. The molecule has 0 radical (unpaired) electrons. The topological polar surface area (TPSA) is 3.24 Å². The third-order valence-corrected chi connectivity index (χ3v) is 4.30. The molecule has 18 heavy (non-hydrogen) atoms. The summed E-state index contributed by atoms with van der Waals surface area (Å²) in [4.78, 5) is 2.61. The maximum atomic E-state index is 5.78. The summed E-state index contributed by atoms with van der Waals surface area (Å²) in [6.07, 6.45) is 3.75. The highest BCUT2D eigenvalue weighted by Gasteiger charge is 2.23. The van der Waals surface area contributed by atoms with E-state index in [4.69, 9.17) is 11.6 Å². The molecule has 2 rings (SSSR count). The lowest BCUT2D eigenvalue weighted by atomic mass is 9.99. The van der Waals surface area contributed by atoms with Crippen LogP contribution in [0.2, 0.25) is 0 Å². The van der Waals surface area contributed by atoms with E-state index in [2.05, 4.69) is 42.2 Å². The molecule has 0 amide bonds. The molecular formula is C16H24ClN. The lowest BCUT2D eigenvalue weighted by molar-refractivity contribution is 0.303. The Kier molecular flexibility index (Phi) is 5.52. The van der Waals surface area contributed by atoms with Gasteiger partial charge in [0.2, 0.25) is 0 Å². The molecule has 2 heteroatoms. The third-order valence-electron chi connectivity index (χ3n) is 4.08. The first kappa shape index (κ1) is 13.9. The minimum atomic E-state index is 0.745. The lowest BCUT2D eigenvalue weighted by Gasteiger charge is -2.18. The van der Waals surface area contributed by atoms with Crippen LogP contribution in [0.4, 0.5) is 0 Å². The molecule has 0 bridgehead atoms. The molecule has 2 unspecified atom stereocenters. The van der Waals surface area contributed by atoms with Crippen molar-refractivity contribution >= 4 is 11.6 Å². The van der Waals surface area contributed by atoms with Crippen molar-refractivity contribution in [3.05, 3.63) is 35.9 Å². The monoisotopic (exact) mass is 265 g/mol. The first-order valence-electron chi connectivity index (χ1n) is 7.13. The van der Waals surface area contributed by atoms with Gasteiger partial charge in [-0.15, -0.1) is 11.6 Å². The van der Waals surface area contributed by atoms with E-state index in [0.29, 0.717) is 0 Å². The van der Waals surface area contributed by atoms with Gasteiger partial charge in [0.1, 0.15) is 0 Å². The molecule has 1 aliphatic rings. The Bertz CT molecular complexity index is 338. The standard InChI is InChI=1S/C16H24ClN/c1-14(7-10-17)8-11-18-12-9-16(13-18)15-5-3-2-4-6-15/h2-6,14,16H,7-13H2,1H3. The zero-order valence-corrected chi connectivity index (χ0v) is 12.1. The second kappa shape index (κ2) is 7.16. The Hall–Kier alpha value is -0.530. The van der Waals surface area contributed by atoms with Crippen molar-refractivity contribution in [3.63, 3.8) is 0 Å². The van der Waals surface area contributed by atoms with Crippen molar-refractivity contribution in [3.8, 4) is 0 Å². The fraction of sp³-hybridized carbons (Fsp3) is 0.625. The molecular weight excluding hydrogens is 242 g/mol. The largest absolute Gasteiger partial charge is 0.303 e. The third kappa shape index (κ3) is 4.00. The summed E-state index contributed by atoms with van der Waals surface area (Å²) in [5.74, 6) is 2.31. The van der Waals surface area contributed by atoms with Crippen molar-refractivity contribution in [1.82, 2.24) is 4.90 Å². The van der Waals surface area contributed by atoms with Crippen LogP contribution in [0.25, 0.3) is 0 Å². The number of nitrogens with zero attached hydrogens (tertiary/aromatic N) is 1. The molecule has 2 atom stereocenters. The second-order valence-electron chi connectivity index (χ2n) is 5.57. The highest BCUT2D eigenvalue weighted by Crippen LogP contribution is 2.27. The van der Waals surface area contributed by atoms with Crippen molar-refractivity contribution in [2.75, 3.05) is 25.5 Å². The quantitative estimate of drug-likeness (QED) is 0.699. The maximum absolute atomic E-state index is 5.78. The number of halogens is 1. The molecule has 0 spiro atoms. The fourth-order valence-electron chi connectivity index (χ4n) is 2.77. The fourth-order valence-corrected chi connectivity index (χ4v) is 3.14. The molecule has 1 aromatic carbocycles. The van der Waals surface area contributed by atoms with Gasteiger partial charge in [0.25, 0.3) is 0 Å². The minimum absolute atomic E-state index is 0.745. The van der Waals surface area contributed by atoms with Crippen LogP contribution in [0.3, 0.4) is 0 Å². The first-order valence-corrected chi connectivity index (χ1v) is 7.66. The lowest BCUT2D eigenvalue weighted by Crippen LogP contribution is -2.23. The number of hydrogen-bond donors (Lipinski definition) is 0. The SMILES string of the molecule is CC(CCCl)CCN1CCC(c2ccccc2)C1. The van der Waals surface area contributed by atoms with Crippen LogP contribution in [0, 0.1) is 5.92 Å². The molecule has 0 N–H and O–H groups in total. The van der Waals surface area contributed by atoms with E-state index in [1.54, 1.807) is 0 Å². The van der Waals surface area contributed by atoms with Crippen molar-refractivity contribution in [1.29, 1.82) is 0 Å². The molecule has 1 saturated heterocycles. The van der Waals surface area contributed by atoms with Gasteiger partial charge in [-0.1, -0.05) is 37.3 Å². The number of hydrogen-bond acceptors (Lipinski definition) is 1. The molecule has 1 aromatic rings. The normalized spacial score (nSPS) is 22.2. The molecule has 1 heterocycles. The number of alkyl halides is 1. The van der Waals surface area contributed by atoms with Gasteiger partial charge in [-0.05, 0) is 49.8 Å². The molecule has 100 valence electrons. The molecule has 1 fully saturated rings. The van der Waals surface area contributed by atoms with Crippen LogP contribution in [-0.2, 0) is 0 Å². The van der Waals surface area contributed by atoms with Gasteiger partial charge in [0.05, 0.1) is 0 Å². The molecule has 1 nitrogen and oxygen atoms in total. The summed E-state index contributed by atoms with van der Waals surface area (Å²) in [6, 6.07) is 10.9. The Morgan fingerprint density at radius 3 is 2.78 bits per heavy atom. The van der Waals surface area contributed by atoms with Crippen LogP contribution in [0.15, 0.2) is 30.3 Å². The van der Waals surface area contributed by atoms with Crippen LogP contribution in [0.1, 0.15) is 37.7 Å². The van der Waals surface area contributed by atoms with Gasteiger partial charge in [0.15, 0.2) is 0 Å². The predicted octanol–water partition coefficient (Wildman–Crippen LogP) is 4.13. The van der Waals surface area contributed by atoms with Gasteiger partial charge < -0.3 is 4.90 Å². The predicted molar refractivity (Wildman–Crippen MR) is 79.4 cm³/mol. The van der Waals surface area contributed by atoms with E-state index >= 15 is 0 Å². The van der Waals surface area contributed by atoms with E-state index < -0.39 is 0 Å². The number of benzene rings is 1. The molecule has 1 aliphatic heterocycles. The highest BCUT2D eigenvalue weighted by atomic mass is 35.5. The maximum Gasteiger partial charge on any atom is 0.0225 e. The Morgan fingerprint density at radius 2 is 2.06 bits per heavy atom. The van der Waals surface area contributed by atoms with Crippen LogP contribution in [-0.4, -0.2) is 30.4 Å². The summed E-state index contributed by atoms with van der Waals surface area (Å²) >= 11 is 5.78. The van der Waals surface area contributed by atoms with Crippen LogP contribution >= 0.6 is 11.6 Å². The average Bonchev–Trinajstić information content (AvgIpc) is 2.87. The molecule has 0 saturated carbocycles. The second-order valence-corrected chi connectivity index (χ2v) is 5.95. The van der Waals surface area contributed by atoms with Crippen molar-refractivity contribution in [2.24, 2.45) is 5.92 Å². The zero-order chi connectivity index (χ0) is 12.8. The van der Waals surface area contributed by atoms with E-state index in [0.717, 1.165) is 24.1 Å². The molecule has 0 aromatic heterocycles.